The zero-order chi connectivity index (χ0) is 13.3. The van der Waals surface area contributed by atoms with Gasteiger partial charge in [-0.1, -0.05) is 24.6 Å². The third-order valence-electron chi connectivity index (χ3n) is 4.42. The minimum atomic E-state index is 0.536. The van der Waals surface area contributed by atoms with Crippen molar-refractivity contribution in [3.8, 4) is 0 Å². The summed E-state index contributed by atoms with van der Waals surface area (Å²) in [7, 11) is 2.06. The molecule has 18 heavy (non-hydrogen) atoms. The monoisotopic (exact) mass is 266 g/mol. The molecule has 0 spiro atoms. The summed E-state index contributed by atoms with van der Waals surface area (Å²) in [4.78, 5) is 2.50. The lowest BCUT2D eigenvalue weighted by atomic mass is 9.86. The quantitative estimate of drug-likeness (QED) is 0.882. The van der Waals surface area contributed by atoms with E-state index < -0.39 is 0 Å². The van der Waals surface area contributed by atoms with E-state index in [4.69, 9.17) is 11.6 Å². The Bertz CT molecular complexity index is 419. The van der Waals surface area contributed by atoms with E-state index in [2.05, 4.69) is 50.2 Å². The average Bonchev–Trinajstić information content (AvgIpc) is 2.36. The zero-order valence-corrected chi connectivity index (χ0v) is 12.5. The van der Waals surface area contributed by atoms with Crippen LogP contribution in [0.3, 0.4) is 0 Å². The second kappa shape index (κ2) is 5.50. The van der Waals surface area contributed by atoms with Crippen LogP contribution in [0.25, 0.3) is 0 Å². The standard InChI is InChI=1S/C15H23ClN2/c1-10-5-6-13(16)9-15(10)18-8-7-14(17-4)11(2)12(18)3/h5-6,9,11-12,14,17H,7-8H2,1-4H3. The summed E-state index contributed by atoms with van der Waals surface area (Å²) in [5, 5.41) is 4.25. The molecular formula is C15H23ClN2. The first-order valence-corrected chi connectivity index (χ1v) is 7.12. The Labute approximate surface area is 115 Å². The third kappa shape index (κ3) is 2.50. The first kappa shape index (κ1) is 13.7. The molecule has 2 rings (SSSR count). The van der Waals surface area contributed by atoms with Gasteiger partial charge >= 0.3 is 0 Å². The van der Waals surface area contributed by atoms with Gasteiger partial charge in [0.05, 0.1) is 0 Å². The van der Waals surface area contributed by atoms with E-state index in [9.17, 15) is 0 Å². The first-order chi connectivity index (χ1) is 8.54. The molecule has 1 aromatic carbocycles. The fraction of sp³-hybridized carbons (Fsp3) is 0.600. The Morgan fingerprint density at radius 1 is 1.33 bits per heavy atom. The average molecular weight is 267 g/mol. The molecule has 0 saturated carbocycles. The molecule has 0 amide bonds. The third-order valence-corrected chi connectivity index (χ3v) is 4.65. The van der Waals surface area contributed by atoms with Crippen LogP contribution in [0.5, 0.6) is 0 Å². The number of rotatable bonds is 2. The number of anilines is 1. The molecule has 0 aromatic heterocycles. The Morgan fingerprint density at radius 3 is 2.72 bits per heavy atom. The van der Waals surface area contributed by atoms with Crippen LogP contribution in [0, 0.1) is 12.8 Å². The Kier molecular flexibility index (Phi) is 4.18. The summed E-state index contributed by atoms with van der Waals surface area (Å²) in [6.45, 7) is 7.90. The highest BCUT2D eigenvalue weighted by Gasteiger charge is 2.32. The van der Waals surface area contributed by atoms with Crippen molar-refractivity contribution < 1.29 is 0 Å². The molecule has 1 fully saturated rings. The van der Waals surface area contributed by atoms with Crippen molar-refractivity contribution in [2.24, 2.45) is 5.92 Å². The van der Waals surface area contributed by atoms with E-state index in [1.807, 2.05) is 6.07 Å². The highest BCUT2D eigenvalue weighted by molar-refractivity contribution is 6.30. The number of nitrogens with zero attached hydrogens (tertiary/aromatic N) is 1. The molecule has 2 nitrogen and oxygen atoms in total. The summed E-state index contributed by atoms with van der Waals surface area (Å²) in [5.41, 5.74) is 2.60. The SMILES string of the molecule is CNC1CCN(c2cc(Cl)ccc2C)C(C)C1C. The van der Waals surface area contributed by atoms with Gasteiger partial charge in [0.1, 0.15) is 0 Å². The van der Waals surface area contributed by atoms with Crippen molar-refractivity contribution in [2.45, 2.75) is 39.3 Å². The van der Waals surface area contributed by atoms with Crippen LogP contribution >= 0.6 is 11.6 Å². The summed E-state index contributed by atoms with van der Waals surface area (Å²) < 4.78 is 0. The van der Waals surface area contributed by atoms with E-state index in [0.29, 0.717) is 18.0 Å². The van der Waals surface area contributed by atoms with E-state index in [-0.39, 0.29) is 0 Å². The van der Waals surface area contributed by atoms with Gasteiger partial charge in [-0.2, -0.15) is 0 Å². The largest absolute Gasteiger partial charge is 0.368 e. The van der Waals surface area contributed by atoms with Crippen molar-refractivity contribution in [3.63, 3.8) is 0 Å². The van der Waals surface area contributed by atoms with Crippen LogP contribution in [0.4, 0.5) is 5.69 Å². The van der Waals surface area contributed by atoms with Gasteiger partial charge in [0.2, 0.25) is 0 Å². The van der Waals surface area contributed by atoms with Crippen molar-refractivity contribution in [3.05, 3.63) is 28.8 Å². The second-order valence-electron chi connectivity index (χ2n) is 5.41. The normalized spacial score (nSPS) is 28.5. The number of hydrogen-bond donors (Lipinski definition) is 1. The molecule has 0 bridgehead atoms. The number of halogens is 1. The number of nitrogens with one attached hydrogen (secondary N) is 1. The topological polar surface area (TPSA) is 15.3 Å². The van der Waals surface area contributed by atoms with Crippen LogP contribution in [-0.2, 0) is 0 Å². The molecular weight excluding hydrogens is 244 g/mol. The fourth-order valence-electron chi connectivity index (χ4n) is 3.00. The van der Waals surface area contributed by atoms with Gasteiger partial charge in [0.15, 0.2) is 0 Å². The number of aryl methyl sites for hydroxylation is 1. The molecule has 100 valence electrons. The van der Waals surface area contributed by atoms with Crippen LogP contribution < -0.4 is 10.2 Å². The Morgan fingerprint density at radius 2 is 2.06 bits per heavy atom. The minimum absolute atomic E-state index is 0.536. The van der Waals surface area contributed by atoms with Gasteiger partial charge in [-0.05, 0) is 50.9 Å². The maximum atomic E-state index is 6.14. The maximum Gasteiger partial charge on any atom is 0.0426 e. The van der Waals surface area contributed by atoms with E-state index >= 15 is 0 Å². The molecule has 0 aliphatic carbocycles. The molecule has 1 saturated heterocycles. The lowest BCUT2D eigenvalue weighted by Gasteiger charge is -2.44. The number of piperidine rings is 1. The number of benzene rings is 1. The molecule has 1 aromatic rings. The highest BCUT2D eigenvalue weighted by atomic mass is 35.5. The molecule has 3 heteroatoms. The molecule has 3 unspecified atom stereocenters. The summed E-state index contributed by atoms with van der Waals surface area (Å²) in [6, 6.07) is 7.33. The molecule has 1 aliphatic rings. The van der Waals surface area contributed by atoms with Crippen molar-refractivity contribution in [2.75, 3.05) is 18.5 Å². The Balaban J connectivity index is 2.26. The zero-order valence-electron chi connectivity index (χ0n) is 11.7. The van der Waals surface area contributed by atoms with Crippen LogP contribution in [-0.4, -0.2) is 25.7 Å². The summed E-state index contributed by atoms with van der Waals surface area (Å²) in [6.07, 6.45) is 1.19. The molecule has 3 atom stereocenters. The maximum absolute atomic E-state index is 6.14. The smallest absolute Gasteiger partial charge is 0.0426 e. The predicted octanol–water partition coefficient (Wildman–Crippen LogP) is 3.47. The van der Waals surface area contributed by atoms with E-state index in [1.54, 1.807) is 0 Å². The van der Waals surface area contributed by atoms with Crippen molar-refractivity contribution in [1.29, 1.82) is 0 Å². The second-order valence-corrected chi connectivity index (χ2v) is 5.84. The fourth-order valence-corrected chi connectivity index (χ4v) is 3.17. The van der Waals surface area contributed by atoms with Crippen molar-refractivity contribution >= 4 is 17.3 Å². The van der Waals surface area contributed by atoms with Crippen LogP contribution in [0.1, 0.15) is 25.8 Å². The van der Waals surface area contributed by atoms with Crippen LogP contribution in [0.2, 0.25) is 5.02 Å². The minimum Gasteiger partial charge on any atom is -0.368 e. The number of hydrogen-bond acceptors (Lipinski definition) is 2. The van der Waals surface area contributed by atoms with Gasteiger partial charge < -0.3 is 10.2 Å². The lowest BCUT2D eigenvalue weighted by Crippen LogP contribution is -2.53. The molecule has 1 aliphatic heterocycles. The highest BCUT2D eigenvalue weighted by Crippen LogP contribution is 2.32. The van der Waals surface area contributed by atoms with Gasteiger partial charge in [-0.15, -0.1) is 0 Å². The lowest BCUT2D eigenvalue weighted by molar-refractivity contribution is 0.282. The van der Waals surface area contributed by atoms with Gasteiger partial charge in [0.25, 0.3) is 0 Å². The van der Waals surface area contributed by atoms with Crippen LogP contribution in [0.15, 0.2) is 18.2 Å². The predicted molar refractivity (Wildman–Crippen MR) is 79.6 cm³/mol. The molecule has 1 heterocycles. The van der Waals surface area contributed by atoms with Gasteiger partial charge in [0, 0.05) is 29.3 Å². The summed E-state index contributed by atoms with van der Waals surface area (Å²) >= 11 is 6.14. The first-order valence-electron chi connectivity index (χ1n) is 6.74. The van der Waals surface area contributed by atoms with Gasteiger partial charge in [-0.25, -0.2) is 0 Å². The molecule has 0 radical (unpaired) electrons. The van der Waals surface area contributed by atoms with E-state index in [1.165, 1.54) is 17.7 Å². The van der Waals surface area contributed by atoms with Gasteiger partial charge in [-0.3, -0.25) is 0 Å². The Hall–Kier alpha value is -0.730. The summed E-state index contributed by atoms with van der Waals surface area (Å²) in [5.74, 6) is 0.641. The molecule has 1 N–H and O–H groups in total. The van der Waals surface area contributed by atoms with E-state index in [0.717, 1.165) is 11.6 Å². The van der Waals surface area contributed by atoms with Crippen molar-refractivity contribution in [1.82, 2.24) is 5.32 Å².